The average Bonchev–Trinajstić information content (AvgIpc) is 3.29. The van der Waals surface area contributed by atoms with E-state index in [0.29, 0.717) is 28.3 Å². The maximum atomic E-state index is 13.4. The number of methoxy groups -OCH3 is 1. The maximum absolute atomic E-state index is 13.4. The molecule has 2 amide bonds. The number of anilines is 1. The Kier molecular flexibility index (Phi) is 6.73. The first-order valence-corrected chi connectivity index (χ1v) is 10.2. The van der Waals surface area contributed by atoms with E-state index in [-0.39, 0.29) is 5.82 Å². The van der Waals surface area contributed by atoms with Gasteiger partial charge in [0.05, 0.1) is 19.0 Å². The van der Waals surface area contributed by atoms with E-state index in [1.165, 1.54) is 25.5 Å². The fourth-order valence-electron chi connectivity index (χ4n) is 3.13. The molecular weight excluding hydrogens is 437 g/mol. The lowest BCUT2D eigenvalue weighted by Crippen LogP contribution is -2.32. The molecule has 0 radical (unpaired) electrons. The summed E-state index contributed by atoms with van der Waals surface area (Å²) in [6.07, 6.45) is 3.10. The third-order valence-corrected chi connectivity index (χ3v) is 4.78. The maximum Gasteiger partial charge on any atom is 0.329 e. The largest absolute Gasteiger partial charge is 0.497 e. The minimum atomic E-state index is -0.946. The summed E-state index contributed by atoms with van der Waals surface area (Å²) < 4.78 is 20.1. The predicted molar refractivity (Wildman–Crippen MR) is 126 cm³/mol. The van der Waals surface area contributed by atoms with E-state index >= 15 is 0 Å². The number of halogens is 1. The number of hydrogen-bond donors (Lipinski definition) is 2. The summed E-state index contributed by atoms with van der Waals surface area (Å²) >= 11 is 0. The van der Waals surface area contributed by atoms with E-state index in [9.17, 15) is 14.0 Å². The van der Waals surface area contributed by atoms with E-state index in [1.807, 2.05) is 30.3 Å². The second-order valence-corrected chi connectivity index (χ2v) is 7.11. The first-order valence-electron chi connectivity index (χ1n) is 10.2. The molecule has 0 bridgehead atoms. The molecule has 4 rings (SSSR count). The number of nitrogens with zero attached hydrogens (tertiary/aromatic N) is 3. The average molecular weight is 457 g/mol. The van der Waals surface area contributed by atoms with E-state index in [1.54, 1.807) is 47.3 Å². The first kappa shape index (κ1) is 22.4. The van der Waals surface area contributed by atoms with E-state index in [2.05, 4.69) is 20.9 Å². The minimum absolute atomic E-state index is 0.365. The van der Waals surface area contributed by atoms with Crippen LogP contribution in [0.4, 0.5) is 10.1 Å². The molecule has 0 atom stereocenters. The van der Waals surface area contributed by atoms with Gasteiger partial charge in [-0.25, -0.2) is 14.5 Å². The van der Waals surface area contributed by atoms with Crippen LogP contribution >= 0.6 is 0 Å². The quantitative estimate of drug-likeness (QED) is 0.262. The van der Waals surface area contributed by atoms with Gasteiger partial charge >= 0.3 is 11.8 Å². The van der Waals surface area contributed by atoms with Gasteiger partial charge in [-0.1, -0.05) is 24.3 Å². The zero-order valence-electron chi connectivity index (χ0n) is 18.1. The molecule has 0 spiro atoms. The third kappa shape index (κ3) is 5.33. The zero-order valence-corrected chi connectivity index (χ0v) is 18.1. The lowest BCUT2D eigenvalue weighted by molar-refractivity contribution is -0.136. The number of aromatic nitrogens is 2. The number of benzene rings is 3. The van der Waals surface area contributed by atoms with Gasteiger partial charge in [0.25, 0.3) is 0 Å². The molecule has 170 valence electrons. The summed E-state index contributed by atoms with van der Waals surface area (Å²) in [5.41, 5.74) is 5.18. The number of amides is 2. The van der Waals surface area contributed by atoms with Gasteiger partial charge in [-0.3, -0.25) is 9.59 Å². The Balaban J connectivity index is 1.52. The number of ether oxygens (including phenoxy) is 1. The number of rotatable bonds is 6. The van der Waals surface area contributed by atoms with E-state index in [0.717, 1.165) is 5.69 Å². The first-order chi connectivity index (χ1) is 16.5. The molecule has 0 saturated heterocycles. The Morgan fingerprint density at radius 2 is 1.76 bits per heavy atom. The monoisotopic (exact) mass is 457 g/mol. The number of para-hydroxylation sites is 1. The number of carbonyl (C=O) groups excluding carboxylic acids is 2. The smallest absolute Gasteiger partial charge is 0.329 e. The molecule has 0 aliphatic carbocycles. The van der Waals surface area contributed by atoms with Crippen molar-refractivity contribution in [2.75, 3.05) is 12.4 Å². The normalized spacial score (nSPS) is 10.8. The van der Waals surface area contributed by atoms with Gasteiger partial charge in [0, 0.05) is 29.1 Å². The molecule has 0 saturated carbocycles. The summed E-state index contributed by atoms with van der Waals surface area (Å²) in [6.45, 7) is 0. The van der Waals surface area contributed by atoms with Crippen LogP contribution in [0, 0.1) is 5.82 Å². The molecule has 3 aromatic carbocycles. The molecule has 0 aliphatic heterocycles. The van der Waals surface area contributed by atoms with Gasteiger partial charge in [-0.15, -0.1) is 0 Å². The molecule has 34 heavy (non-hydrogen) atoms. The van der Waals surface area contributed by atoms with Gasteiger partial charge in [0.2, 0.25) is 0 Å². The van der Waals surface area contributed by atoms with Crippen molar-refractivity contribution in [2.45, 2.75) is 0 Å². The van der Waals surface area contributed by atoms with Crippen molar-refractivity contribution in [3.05, 3.63) is 96.4 Å². The third-order valence-electron chi connectivity index (χ3n) is 4.78. The topological polar surface area (TPSA) is 97.6 Å². The van der Waals surface area contributed by atoms with Crippen molar-refractivity contribution in [3.8, 4) is 22.7 Å². The van der Waals surface area contributed by atoms with Crippen LogP contribution in [0.5, 0.6) is 5.75 Å². The molecule has 2 N–H and O–H groups in total. The summed E-state index contributed by atoms with van der Waals surface area (Å²) in [7, 11) is 1.50. The Bertz CT molecular complexity index is 1330. The molecule has 1 heterocycles. The minimum Gasteiger partial charge on any atom is -0.497 e. The Hall–Kier alpha value is -4.79. The Labute approximate surface area is 194 Å². The van der Waals surface area contributed by atoms with Crippen molar-refractivity contribution in [1.29, 1.82) is 0 Å². The fourth-order valence-corrected chi connectivity index (χ4v) is 3.13. The number of hydrazone groups is 1. The van der Waals surface area contributed by atoms with Crippen molar-refractivity contribution in [3.63, 3.8) is 0 Å². The molecule has 1 aromatic heterocycles. The van der Waals surface area contributed by atoms with Gasteiger partial charge in [0.1, 0.15) is 17.3 Å². The number of hydrogen-bond acceptors (Lipinski definition) is 5. The van der Waals surface area contributed by atoms with Crippen LogP contribution in [0.2, 0.25) is 0 Å². The van der Waals surface area contributed by atoms with E-state index in [4.69, 9.17) is 4.74 Å². The van der Waals surface area contributed by atoms with Gasteiger partial charge in [-0.05, 0) is 48.5 Å². The highest BCUT2D eigenvalue weighted by atomic mass is 19.1. The van der Waals surface area contributed by atoms with Crippen LogP contribution in [0.15, 0.2) is 90.2 Å². The van der Waals surface area contributed by atoms with Crippen LogP contribution in [0.25, 0.3) is 16.9 Å². The number of carbonyl (C=O) groups is 2. The molecule has 0 unspecified atom stereocenters. The lowest BCUT2D eigenvalue weighted by atomic mass is 10.1. The van der Waals surface area contributed by atoms with Gasteiger partial charge in [0.15, 0.2) is 0 Å². The summed E-state index contributed by atoms with van der Waals surface area (Å²) in [5, 5.41) is 11.0. The standard InChI is InChI=1S/C25H20FN5O3/c1-34-22-9-5-6-20(14-22)28-24(32)25(33)29-27-15-18-16-31(21-7-3-2-4-8-21)30-23(18)17-10-12-19(26)13-11-17/h2-16H,1H3,(H,28,32)(H,29,33)/b27-15-. The predicted octanol–water partition coefficient (Wildman–Crippen LogP) is 3.78. The van der Waals surface area contributed by atoms with Crippen LogP contribution < -0.4 is 15.5 Å². The van der Waals surface area contributed by atoms with Gasteiger partial charge < -0.3 is 10.1 Å². The molecule has 0 fully saturated rings. The second kappa shape index (κ2) is 10.2. The molecule has 0 aliphatic rings. The SMILES string of the molecule is COc1cccc(NC(=O)C(=O)N/N=C\c2cn(-c3ccccc3)nc2-c2ccc(F)cc2)c1. The lowest BCUT2D eigenvalue weighted by Gasteiger charge is -2.05. The summed E-state index contributed by atoms with van der Waals surface area (Å²) in [5.74, 6) is -1.65. The highest BCUT2D eigenvalue weighted by Crippen LogP contribution is 2.23. The summed E-state index contributed by atoms with van der Waals surface area (Å²) in [6, 6.07) is 21.9. The Morgan fingerprint density at radius 1 is 1.00 bits per heavy atom. The van der Waals surface area contributed by atoms with Crippen LogP contribution in [-0.4, -0.2) is 34.9 Å². The molecular formula is C25H20FN5O3. The Morgan fingerprint density at radius 3 is 2.50 bits per heavy atom. The van der Waals surface area contributed by atoms with E-state index < -0.39 is 11.8 Å². The van der Waals surface area contributed by atoms with Crippen LogP contribution in [0.1, 0.15) is 5.56 Å². The zero-order chi connectivity index (χ0) is 23.9. The molecule has 8 nitrogen and oxygen atoms in total. The van der Waals surface area contributed by atoms with Crippen molar-refractivity contribution >= 4 is 23.7 Å². The van der Waals surface area contributed by atoms with Crippen molar-refractivity contribution in [1.82, 2.24) is 15.2 Å². The fraction of sp³-hybridized carbons (Fsp3) is 0.0400. The summed E-state index contributed by atoms with van der Waals surface area (Å²) in [4.78, 5) is 24.4. The second-order valence-electron chi connectivity index (χ2n) is 7.11. The van der Waals surface area contributed by atoms with Crippen LogP contribution in [-0.2, 0) is 9.59 Å². The highest BCUT2D eigenvalue weighted by Gasteiger charge is 2.14. The van der Waals surface area contributed by atoms with Gasteiger partial charge in [-0.2, -0.15) is 10.2 Å². The van der Waals surface area contributed by atoms with Crippen molar-refractivity contribution in [2.24, 2.45) is 5.10 Å². The van der Waals surface area contributed by atoms with Crippen molar-refractivity contribution < 1.29 is 18.7 Å². The molecule has 4 aromatic rings. The van der Waals surface area contributed by atoms with Crippen LogP contribution in [0.3, 0.4) is 0 Å². The highest BCUT2D eigenvalue weighted by molar-refractivity contribution is 6.39. The molecule has 9 heteroatoms. The number of nitrogens with one attached hydrogen (secondary N) is 2.